The first-order chi connectivity index (χ1) is 1.00. The molecule has 0 bridgehead atoms. The van der Waals surface area contributed by atoms with Crippen molar-refractivity contribution in [2.75, 3.05) is 0 Å². The minimum atomic E-state index is 0. The summed E-state index contributed by atoms with van der Waals surface area (Å²) in [4.78, 5) is 0. The van der Waals surface area contributed by atoms with Gasteiger partial charge >= 0.3 is 18.9 Å². The molecule has 0 saturated heterocycles. The van der Waals surface area contributed by atoms with Crippen LogP contribution in [0.1, 0.15) is 0 Å². The van der Waals surface area contributed by atoms with Crippen molar-refractivity contribution in [3.63, 3.8) is 0 Å². The molecule has 0 unspecified atom stereocenters. The van der Waals surface area contributed by atoms with Gasteiger partial charge in [-0.3, -0.25) is 0 Å². The van der Waals surface area contributed by atoms with Gasteiger partial charge in [0.05, 0.1) is 0 Å². The summed E-state index contributed by atoms with van der Waals surface area (Å²) in [5, 5.41) is 14.0. The molecule has 0 fully saturated rings. The Morgan fingerprint density at radius 1 is 1.00 bits per heavy atom. The van der Waals surface area contributed by atoms with Crippen LogP contribution in [-0.4, -0.2) is 18.9 Å². The van der Waals surface area contributed by atoms with Crippen LogP contribution >= 0.6 is 0 Å². The van der Waals surface area contributed by atoms with Crippen molar-refractivity contribution >= 4 is 18.9 Å². The summed E-state index contributed by atoms with van der Waals surface area (Å²) in [7, 11) is 0. The molecule has 0 N–H and O–H groups in total. The summed E-state index contributed by atoms with van der Waals surface area (Å²) in [6.45, 7) is 0. The van der Waals surface area contributed by atoms with Gasteiger partial charge in [-0.1, -0.05) is 0 Å². The van der Waals surface area contributed by atoms with Gasteiger partial charge in [-0.2, -0.15) is 0 Å². The van der Waals surface area contributed by atoms with Gasteiger partial charge in [-0.05, 0) is 0 Å². The van der Waals surface area contributed by atoms with Crippen molar-refractivity contribution in [1.82, 2.24) is 0 Å². The summed E-state index contributed by atoms with van der Waals surface area (Å²) >= 11 is 0. The maximum atomic E-state index is 7.00. The Hall–Kier alpha value is 1.11. The second-order valence-corrected chi connectivity index (χ2v) is 0. The van der Waals surface area contributed by atoms with Crippen LogP contribution in [-0.2, 0) is 0 Å². The molecule has 0 amide bonds. The third-order valence-electron chi connectivity index (χ3n) is 0. The molecular weight excluding hydrogens is 45.9 g/mol. The summed E-state index contributed by atoms with van der Waals surface area (Å²) in [6, 6.07) is 0. The summed E-state index contributed by atoms with van der Waals surface area (Å²) < 4.78 is 0. The van der Waals surface area contributed by atoms with Crippen LogP contribution in [0, 0.1) is 0 Å². The monoisotopic (exact) mass is 46.0 g/mol. The first-order valence-corrected chi connectivity index (χ1v) is 0.167. The minimum absolute atomic E-state index is 0. The Balaban J connectivity index is -0.00000000500. The topological polar surface area (TPSA) is 46.1 Å². The number of rotatable bonds is 0. The Morgan fingerprint density at radius 2 is 1.00 bits per heavy atom. The van der Waals surface area contributed by atoms with Gasteiger partial charge in [0.25, 0.3) is 0 Å². The Labute approximate surface area is 48.5 Å². The normalized spacial score (nSPS) is 1.50. The largest absolute Gasteiger partial charge is 1.00 e. The predicted octanol–water partition coefficient (Wildman–Crippen LogP) is -5.75. The van der Waals surface area contributed by atoms with Crippen LogP contribution in [0.25, 0.3) is 0 Å². The van der Waals surface area contributed by atoms with Gasteiger partial charge in [0.2, 0.25) is 0 Å². The third kappa shape index (κ3) is 11.2. The molecule has 15 valence electrons. The molecule has 0 aromatic carbocycles. The maximum absolute atomic E-state index is 7.00. The van der Waals surface area contributed by atoms with Crippen LogP contribution in [0.2, 0.25) is 0 Å². The first-order valence-electron chi connectivity index (χ1n) is 0.167. The van der Waals surface area contributed by atoms with Gasteiger partial charge in [0, 0.05) is 18.9 Å². The Bertz CT molecular complexity index is 4.00. The van der Waals surface area contributed by atoms with Gasteiger partial charge in [0.1, 0.15) is 0 Å². The molecule has 0 aromatic heterocycles. The molecule has 0 saturated carbocycles. The fourth-order valence-electron chi connectivity index (χ4n) is 0. The Kier molecular flexibility index (Phi) is 156. The van der Waals surface area contributed by atoms with E-state index in [1.54, 1.807) is 0 Å². The smallest absolute Gasteiger partial charge is 1.00 e. The van der Waals surface area contributed by atoms with Crippen molar-refractivity contribution in [3.05, 3.63) is 0 Å². The molecule has 0 heterocycles. The van der Waals surface area contributed by atoms with Crippen LogP contribution in [0.5, 0.6) is 0 Å². The molecule has 0 rings (SSSR count). The van der Waals surface area contributed by atoms with Crippen molar-refractivity contribution in [1.29, 1.82) is 0 Å². The second kappa shape index (κ2) is 32.1. The van der Waals surface area contributed by atoms with E-state index in [2.05, 4.69) is 0 Å². The van der Waals surface area contributed by atoms with E-state index in [-0.39, 0.29) is 37.7 Å². The molecule has 0 aromatic rings. The molecule has 0 spiro atoms. The molecule has 0 atom stereocenters. The first kappa shape index (κ1) is 19.4. The Morgan fingerprint density at radius 3 is 1.00 bits per heavy atom. The summed E-state index contributed by atoms with van der Waals surface area (Å²) in [5.74, 6) is 0. The summed E-state index contributed by atoms with van der Waals surface area (Å²) in [5.41, 5.74) is 0. The van der Waals surface area contributed by atoms with E-state index in [1.807, 2.05) is 0 Å². The van der Waals surface area contributed by atoms with Gasteiger partial charge < -0.3 is 10.5 Å². The quantitative estimate of drug-likeness (QED) is 0.155. The molecule has 0 aliphatic carbocycles. The third-order valence-corrected chi connectivity index (χ3v) is 0. The van der Waals surface area contributed by atoms with Crippen LogP contribution in [0.3, 0.4) is 0 Å². The minimum Gasteiger partial charge on any atom is -1.00 e. The van der Waals surface area contributed by atoms with E-state index in [0.717, 1.165) is 0 Å². The fraction of sp³-hybridized carbons (Fsp3) is 0. The molecular formula is Li2O2-. The average molecular weight is 45.9 g/mol. The molecule has 4 heavy (non-hydrogen) atoms. The zero-order valence-corrected chi connectivity index (χ0v) is 2.82. The number of hydrogen-bond acceptors (Lipinski definition) is 2. The second-order valence-electron chi connectivity index (χ2n) is 0. The predicted molar refractivity (Wildman–Crippen MR) is 5.75 cm³/mol. The van der Waals surface area contributed by atoms with Crippen LogP contribution in [0.4, 0.5) is 0 Å². The zero-order valence-electron chi connectivity index (χ0n) is 2.82. The van der Waals surface area contributed by atoms with Gasteiger partial charge in [-0.15, -0.1) is 0 Å². The average Bonchev–Trinajstić information content (AvgIpc) is 1.00. The van der Waals surface area contributed by atoms with Crippen LogP contribution in [0.15, 0.2) is 0 Å². The maximum Gasteiger partial charge on any atom is 1.00 e. The number of hydrogen-bond donors (Lipinski definition) is 0. The molecule has 0 aliphatic heterocycles. The standard InChI is InChI=1S/2Li.O2/c;;1-2/q;+1;-2. The molecule has 0 aliphatic rings. The van der Waals surface area contributed by atoms with E-state index >= 15 is 0 Å². The van der Waals surface area contributed by atoms with Crippen molar-refractivity contribution in [2.24, 2.45) is 0 Å². The van der Waals surface area contributed by atoms with E-state index in [4.69, 9.17) is 10.5 Å². The van der Waals surface area contributed by atoms with Gasteiger partial charge in [-0.25, -0.2) is 0 Å². The van der Waals surface area contributed by atoms with Crippen molar-refractivity contribution in [3.8, 4) is 0 Å². The van der Waals surface area contributed by atoms with Crippen molar-refractivity contribution in [2.45, 2.75) is 0 Å². The van der Waals surface area contributed by atoms with Crippen LogP contribution < -0.4 is 29.4 Å². The van der Waals surface area contributed by atoms with E-state index < -0.39 is 0 Å². The van der Waals surface area contributed by atoms with Gasteiger partial charge in [0.15, 0.2) is 0 Å². The van der Waals surface area contributed by atoms with E-state index in [9.17, 15) is 0 Å². The summed E-state index contributed by atoms with van der Waals surface area (Å²) in [6.07, 6.45) is 0. The SMILES string of the molecule is [Li+].[Li].[O-][O-]. The molecule has 4 heteroatoms. The van der Waals surface area contributed by atoms with E-state index in [1.165, 1.54) is 0 Å². The zero-order chi connectivity index (χ0) is 2.00. The van der Waals surface area contributed by atoms with Crippen molar-refractivity contribution < 1.29 is 29.4 Å². The van der Waals surface area contributed by atoms with E-state index in [0.29, 0.717) is 0 Å². The molecule has 1 radical (unpaired) electrons. The fourth-order valence-corrected chi connectivity index (χ4v) is 0. The molecule has 2 nitrogen and oxygen atoms in total.